The Hall–Kier alpha value is -2.20. The molecular formula is C16H17N3O. The summed E-state index contributed by atoms with van der Waals surface area (Å²) in [4.78, 5) is 4.50. The van der Waals surface area contributed by atoms with Gasteiger partial charge in [-0.3, -0.25) is 4.98 Å². The molecule has 0 aliphatic heterocycles. The second-order valence-corrected chi connectivity index (χ2v) is 5.01. The second-order valence-electron chi connectivity index (χ2n) is 5.01. The van der Waals surface area contributed by atoms with Gasteiger partial charge in [0.05, 0.1) is 11.2 Å². The number of pyridine rings is 1. The molecule has 3 aromatic rings. The van der Waals surface area contributed by atoms with E-state index < -0.39 is 0 Å². The van der Waals surface area contributed by atoms with Crippen LogP contribution in [0.25, 0.3) is 10.9 Å². The van der Waals surface area contributed by atoms with E-state index in [0.717, 1.165) is 29.2 Å². The molecule has 4 nitrogen and oxygen atoms in total. The fraction of sp³-hybridized carbons (Fsp3) is 0.250. The normalized spacial score (nSPS) is 11.1. The lowest BCUT2D eigenvalue weighted by molar-refractivity contribution is 0.388. The summed E-state index contributed by atoms with van der Waals surface area (Å²) in [6, 6.07) is 12.4. The summed E-state index contributed by atoms with van der Waals surface area (Å²) in [6.45, 7) is 5.42. The van der Waals surface area contributed by atoms with Crippen molar-refractivity contribution in [2.45, 2.75) is 26.9 Å². The molecule has 0 aliphatic rings. The van der Waals surface area contributed by atoms with Crippen LogP contribution in [0, 0.1) is 13.8 Å². The molecule has 4 heteroatoms. The smallest absolute Gasteiger partial charge is 0.133 e. The third-order valence-electron chi connectivity index (χ3n) is 3.20. The molecule has 0 aliphatic carbocycles. The van der Waals surface area contributed by atoms with Gasteiger partial charge in [-0.2, -0.15) is 0 Å². The van der Waals surface area contributed by atoms with Gasteiger partial charge < -0.3 is 9.84 Å². The number of rotatable bonds is 4. The van der Waals surface area contributed by atoms with E-state index in [9.17, 15) is 0 Å². The molecule has 20 heavy (non-hydrogen) atoms. The average molecular weight is 267 g/mol. The third kappa shape index (κ3) is 2.86. The molecule has 2 heterocycles. The summed E-state index contributed by atoms with van der Waals surface area (Å²) in [7, 11) is 0. The van der Waals surface area contributed by atoms with Gasteiger partial charge in [-0.1, -0.05) is 17.3 Å². The number of fused-ring (bicyclic) bond motifs is 1. The van der Waals surface area contributed by atoms with Crippen LogP contribution in [-0.4, -0.2) is 10.1 Å². The van der Waals surface area contributed by atoms with Crippen molar-refractivity contribution >= 4 is 10.9 Å². The number of benzene rings is 1. The number of hydrogen-bond donors (Lipinski definition) is 1. The van der Waals surface area contributed by atoms with Crippen molar-refractivity contribution in [1.82, 2.24) is 15.5 Å². The van der Waals surface area contributed by atoms with Crippen molar-refractivity contribution in [3.63, 3.8) is 0 Å². The van der Waals surface area contributed by atoms with Gasteiger partial charge in [0, 0.05) is 30.2 Å². The Morgan fingerprint density at radius 3 is 2.75 bits per heavy atom. The average Bonchev–Trinajstić information content (AvgIpc) is 2.85. The van der Waals surface area contributed by atoms with Gasteiger partial charge >= 0.3 is 0 Å². The topological polar surface area (TPSA) is 51.0 Å². The van der Waals surface area contributed by atoms with E-state index in [0.29, 0.717) is 6.54 Å². The minimum absolute atomic E-state index is 0.710. The summed E-state index contributed by atoms with van der Waals surface area (Å²) in [6.07, 6.45) is 0. The highest BCUT2D eigenvalue weighted by Gasteiger charge is 2.01. The molecule has 0 fully saturated rings. The number of aryl methyl sites for hydroxylation is 2. The van der Waals surface area contributed by atoms with Gasteiger partial charge in [-0.05, 0) is 37.6 Å². The van der Waals surface area contributed by atoms with Crippen molar-refractivity contribution in [1.29, 1.82) is 0 Å². The number of nitrogens with one attached hydrogen (secondary N) is 1. The Bertz CT molecular complexity index is 733. The second kappa shape index (κ2) is 5.43. The summed E-state index contributed by atoms with van der Waals surface area (Å²) in [5, 5.41) is 8.50. The van der Waals surface area contributed by atoms with Crippen LogP contribution >= 0.6 is 0 Å². The third-order valence-corrected chi connectivity index (χ3v) is 3.20. The van der Waals surface area contributed by atoms with E-state index >= 15 is 0 Å². The molecule has 0 bridgehead atoms. The molecule has 3 rings (SSSR count). The van der Waals surface area contributed by atoms with Crippen molar-refractivity contribution in [2.75, 3.05) is 0 Å². The van der Waals surface area contributed by atoms with E-state index in [-0.39, 0.29) is 0 Å². The molecule has 1 aromatic carbocycles. The fourth-order valence-corrected chi connectivity index (χ4v) is 2.22. The molecule has 0 amide bonds. The zero-order valence-corrected chi connectivity index (χ0v) is 11.7. The molecule has 0 unspecified atom stereocenters. The van der Waals surface area contributed by atoms with Gasteiger partial charge in [0.15, 0.2) is 0 Å². The molecular weight excluding hydrogens is 250 g/mol. The predicted molar refractivity (Wildman–Crippen MR) is 78.3 cm³/mol. The molecule has 102 valence electrons. The first-order chi connectivity index (χ1) is 9.70. The van der Waals surface area contributed by atoms with Crippen LogP contribution in [0.1, 0.15) is 22.7 Å². The maximum Gasteiger partial charge on any atom is 0.133 e. The van der Waals surface area contributed by atoms with E-state index in [1.165, 1.54) is 10.9 Å². The van der Waals surface area contributed by atoms with Gasteiger partial charge in [0.25, 0.3) is 0 Å². The van der Waals surface area contributed by atoms with Gasteiger partial charge in [0.1, 0.15) is 5.76 Å². The summed E-state index contributed by atoms with van der Waals surface area (Å²) >= 11 is 0. The Morgan fingerprint density at radius 2 is 1.95 bits per heavy atom. The van der Waals surface area contributed by atoms with Crippen molar-refractivity contribution < 1.29 is 4.52 Å². The standard InChI is InChI=1S/C16H17N3O/c1-11-3-5-14-8-13(4-6-16(14)18-11)9-17-10-15-7-12(2)20-19-15/h3-8,17H,9-10H2,1-2H3. The summed E-state index contributed by atoms with van der Waals surface area (Å²) in [5.41, 5.74) is 4.26. The Kier molecular flexibility index (Phi) is 3.48. The molecule has 0 atom stereocenters. The van der Waals surface area contributed by atoms with E-state index in [1.54, 1.807) is 0 Å². The summed E-state index contributed by atoms with van der Waals surface area (Å²) < 4.78 is 5.04. The molecule has 0 saturated carbocycles. The molecule has 0 radical (unpaired) electrons. The van der Waals surface area contributed by atoms with Crippen LogP contribution < -0.4 is 5.32 Å². The SMILES string of the molecule is Cc1ccc2cc(CNCc3cc(C)on3)ccc2n1. The first-order valence-corrected chi connectivity index (χ1v) is 6.70. The lowest BCUT2D eigenvalue weighted by Gasteiger charge is -2.05. The highest BCUT2D eigenvalue weighted by atomic mass is 16.5. The van der Waals surface area contributed by atoms with Crippen molar-refractivity contribution in [2.24, 2.45) is 0 Å². The van der Waals surface area contributed by atoms with Crippen LogP contribution in [0.3, 0.4) is 0 Å². The molecule has 2 aromatic heterocycles. The van der Waals surface area contributed by atoms with Crippen LogP contribution in [0.15, 0.2) is 40.9 Å². The molecule has 0 saturated heterocycles. The predicted octanol–water partition coefficient (Wildman–Crippen LogP) is 3.13. The quantitative estimate of drug-likeness (QED) is 0.789. The van der Waals surface area contributed by atoms with Crippen LogP contribution in [-0.2, 0) is 13.1 Å². The first kappa shape index (κ1) is 12.8. The van der Waals surface area contributed by atoms with Gasteiger partial charge in [-0.25, -0.2) is 0 Å². The van der Waals surface area contributed by atoms with Crippen LogP contribution in [0.5, 0.6) is 0 Å². The van der Waals surface area contributed by atoms with Gasteiger partial charge in [-0.15, -0.1) is 0 Å². The highest BCUT2D eigenvalue weighted by molar-refractivity contribution is 5.79. The van der Waals surface area contributed by atoms with Crippen LogP contribution in [0.2, 0.25) is 0 Å². The van der Waals surface area contributed by atoms with E-state index in [1.807, 2.05) is 26.0 Å². The maximum atomic E-state index is 5.04. The maximum absolute atomic E-state index is 5.04. The zero-order chi connectivity index (χ0) is 13.9. The minimum atomic E-state index is 0.710. The number of nitrogens with zero attached hydrogens (tertiary/aromatic N) is 2. The summed E-state index contributed by atoms with van der Waals surface area (Å²) in [5.74, 6) is 0.842. The Labute approximate surface area is 117 Å². The zero-order valence-electron chi connectivity index (χ0n) is 11.7. The Morgan fingerprint density at radius 1 is 1.05 bits per heavy atom. The minimum Gasteiger partial charge on any atom is -0.361 e. The monoisotopic (exact) mass is 267 g/mol. The molecule has 0 spiro atoms. The number of aromatic nitrogens is 2. The first-order valence-electron chi connectivity index (χ1n) is 6.70. The Balaban J connectivity index is 1.67. The van der Waals surface area contributed by atoms with Crippen LogP contribution in [0.4, 0.5) is 0 Å². The molecule has 1 N–H and O–H groups in total. The lowest BCUT2D eigenvalue weighted by Crippen LogP contribution is -2.12. The van der Waals surface area contributed by atoms with Crippen molar-refractivity contribution in [3.05, 3.63) is 59.1 Å². The highest BCUT2D eigenvalue weighted by Crippen LogP contribution is 2.14. The number of hydrogen-bond acceptors (Lipinski definition) is 4. The van der Waals surface area contributed by atoms with Gasteiger partial charge in [0.2, 0.25) is 0 Å². The lowest BCUT2D eigenvalue weighted by atomic mass is 10.1. The largest absolute Gasteiger partial charge is 0.361 e. The fourth-order valence-electron chi connectivity index (χ4n) is 2.22. The van der Waals surface area contributed by atoms with E-state index in [2.05, 4.69) is 39.7 Å². The van der Waals surface area contributed by atoms with Crippen molar-refractivity contribution in [3.8, 4) is 0 Å². The van der Waals surface area contributed by atoms with E-state index in [4.69, 9.17) is 4.52 Å².